The van der Waals surface area contributed by atoms with Gasteiger partial charge in [0.15, 0.2) is 11.5 Å². The van der Waals surface area contributed by atoms with Gasteiger partial charge in [0.1, 0.15) is 0 Å². The van der Waals surface area contributed by atoms with Crippen LogP contribution in [0.3, 0.4) is 0 Å². The lowest BCUT2D eigenvalue weighted by Crippen LogP contribution is -2.37. The molecule has 0 aliphatic rings. The van der Waals surface area contributed by atoms with E-state index in [-0.39, 0.29) is 11.9 Å². The van der Waals surface area contributed by atoms with Gasteiger partial charge in [-0.2, -0.15) is 0 Å². The lowest BCUT2D eigenvalue weighted by molar-refractivity contribution is -0.117. The fourth-order valence-electron chi connectivity index (χ4n) is 3.06. The molecule has 5 nitrogen and oxygen atoms in total. The smallest absolute Gasteiger partial charge is 0.241 e. The second-order valence-electron chi connectivity index (χ2n) is 6.69. The molecule has 0 aromatic heterocycles. The van der Waals surface area contributed by atoms with Gasteiger partial charge in [0.05, 0.1) is 20.3 Å². The van der Waals surface area contributed by atoms with Gasteiger partial charge >= 0.3 is 0 Å². The second kappa shape index (κ2) is 9.75. The van der Waals surface area contributed by atoms with Crippen molar-refractivity contribution in [1.82, 2.24) is 5.32 Å². The molecular weight excluding hydrogens is 364 g/mol. The monoisotopic (exact) mass is 390 g/mol. The van der Waals surface area contributed by atoms with Crippen LogP contribution in [0.4, 0.5) is 5.69 Å². The lowest BCUT2D eigenvalue weighted by atomic mass is 10.0. The summed E-state index contributed by atoms with van der Waals surface area (Å²) in [4.78, 5) is 12.7. The number of hydrogen-bond acceptors (Lipinski definition) is 4. The lowest BCUT2D eigenvalue weighted by Gasteiger charge is -2.17. The molecule has 2 N–H and O–H groups in total. The Bertz CT molecular complexity index is 957. The molecule has 0 aliphatic heterocycles. The van der Waals surface area contributed by atoms with Crippen molar-refractivity contribution >= 4 is 11.6 Å². The SMILES string of the molecule is COc1ccc(CN[C@@H](C)C(=O)Nc2ccccc2-c2ccccc2)cc1OC. The Morgan fingerprint density at radius 3 is 2.31 bits per heavy atom. The molecule has 0 spiro atoms. The maximum absolute atomic E-state index is 12.7. The molecule has 5 heteroatoms. The van der Waals surface area contributed by atoms with Gasteiger partial charge in [0, 0.05) is 17.8 Å². The molecule has 1 atom stereocenters. The number of amides is 1. The van der Waals surface area contributed by atoms with Crippen molar-refractivity contribution in [1.29, 1.82) is 0 Å². The molecule has 0 radical (unpaired) electrons. The van der Waals surface area contributed by atoms with Crippen molar-refractivity contribution in [3.63, 3.8) is 0 Å². The highest BCUT2D eigenvalue weighted by Crippen LogP contribution is 2.28. The Morgan fingerprint density at radius 2 is 1.59 bits per heavy atom. The van der Waals surface area contributed by atoms with E-state index in [1.54, 1.807) is 14.2 Å². The molecule has 0 fully saturated rings. The number of hydrogen-bond donors (Lipinski definition) is 2. The van der Waals surface area contributed by atoms with Gasteiger partial charge in [-0.15, -0.1) is 0 Å². The first-order valence-corrected chi connectivity index (χ1v) is 9.52. The topological polar surface area (TPSA) is 59.6 Å². The van der Waals surface area contributed by atoms with Crippen molar-refractivity contribution in [3.8, 4) is 22.6 Å². The van der Waals surface area contributed by atoms with E-state index in [1.165, 1.54) is 0 Å². The Morgan fingerprint density at radius 1 is 0.897 bits per heavy atom. The van der Waals surface area contributed by atoms with E-state index >= 15 is 0 Å². The van der Waals surface area contributed by atoms with Crippen LogP contribution in [0.5, 0.6) is 11.5 Å². The fourth-order valence-corrected chi connectivity index (χ4v) is 3.06. The van der Waals surface area contributed by atoms with Crippen LogP contribution in [-0.4, -0.2) is 26.2 Å². The summed E-state index contributed by atoms with van der Waals surface area (Å²) in [6, 6.07) is 23.2. The molecule has 0 saturated carbocycles. The highest BCUT2D eigenvalue weighted by molar-refractivity contribution is 5.98. The zero-order valence-corrected chi connectivity index (χ0v) is 16.9. The Hall–Kier alpha value is -3.31. The van der Waals surface area contributed by atoms with Crippen LogP contribution in [0.2, 0.25) is 0 Å². The van der Waals surface area contributed by atoms with Gasteiger partial charge in [-0.3, -0.25) is 4.79 Å². The number of carbonyl (C=O) groups excluding carboxylic acids is 1. The number of para-hydroxylation sites is 1. The number of ether oxygens (including phenoxy) is 2. The molecule has 1 amide bonds. The fraction of sp³-hybridized carbons (Fsp3) is 0.208. The minimum atomic E-state index is -0.369. The van der Waals surface area contributed by atoms with Gasteiger partial charge in [-0.05, 0) is 36.2 Å². The van der Waals surface area contributed by atoms with E-state index in [1.807, 2.05) is 79.7 Å². The first-order chi connectivity index (χ1) is 14.1. The Kier molecular flexibility index (Phi) is 6.87. The van der Waals surface area contributed by atoms with E-state index in [4.69, 9.17) is 9.47 Å². The summed E-state index contributed by atoms with van der Waals surface area (Å²) >= 11 is 0. The highest BCUT2D eigenvalue weighted by atomic mass is 16.5. The van der Waals surface area contributed by atoms with Crippen LogP contribution in [-0.2, 0) is 11.3 Å². The van der Waals surface area contributed by atoms with Crippen molar-refractivity contribution < 1.29 is 14.3 Å². The number of rotatable bonds is 8. The predicted molar refractivity (Wildman–Crippen MR) is 116 cm³/mol. The van der Waals surface area contributed by atoms with Crippen LogP contribution in [0.15, 0.2) is 72.8 Å². The van der Waals surface area contributed by atoms with Crippen molar-refractivity contribution in [2.24, 2.45) is 0 Å². The molecule has 0 saturated heterocycles. The Labute approximate surface area is 171 Å². The van der Waals surface area contributed by atoms with E-state index < -0.39 is 0 Å². The third kappa shape index (κ3) is 5.15. The largest absolute Gasteiger partial charge is 0.493 e. The summed E-state index contributed by atoms with van der Waals surface area (Å²) in [6.45, 7) is 2.39. The average molecular weight is 390 g/mol. The normalized spacial score (nSPS) is 11.6. The number of carbonyl (C=O) groups is 1. The highest BCUT2D eigenvalue weighted by Gasteiger charge is 2.15. The number of benzene rings is 3. The zero-order valence-electron chi connectivity index (χ0n) is 16.9. The van der Waals surface area contributed by atoms with E-state index in [0.29, 0.717) is 18.0 Å². The number of nitrogens with one attached hydrogen (secondary N) is 2. The molecular formula is C24H26N2O3. The molecule has 29 heavy (non-hydrogen) atoms. The molecule has 3 aromatic rings. The zero-order chi connectivity index (χ0) is 20.6. The summed E-state index contributed by atoms with van der Waals surface area (Å²) < 4.78 is 10.6. The summed E-state index contributed by atoms with van der Waals surface area (Å²) in [5, 5.41) is 6.30. The van der Waals surface area contributed by atoms with Crippen LogP contribution >= 0.6 is 0 Å². The minimum absolute atomic E-state index is 0.0890. The average Bonchev–Trinajstić information content (AvgIpc) is 2.78. The molecule has 0 heterocycles. The summed E-state index contributed by atoms with van der Waals surface area (Å²) in [6.07, 6.45) is 0. The summed E-state index contributed by atoms with van der Waals surface area (Å²) in [5.41, 5.74) is 3.86. The quantitative estimate of drug-likeness (QED) is 0.595. The van der Waals surface area contributed by atoms with Gasteiger partial charge in [-0.1, -0.05) is 54.6 Å². The number of methoxy groups -OCH3 is 2. The van der Waals surface area contributed by atoms with Crippen LogP contribution in [0.1, 0.15) is 12.5 Å². The maximum Gasteiger partial charge on any atom is 0.241 e. The minimum Gasteiger partial charge on any atom is -0.493 e. The van der Waals surface area contributed by atoms with Gasteiger partial charge in [0.2, 0.25) is 5.91 Å². The van der Waals surface area contributed by atoms with Gasteiger partial charge < -0.3 is 20.1 Å². The van der Waals surface area contributed by atoms with Crippen LogP contribution < -0.4 is 20.1 Å². The van der Waals surface area contributed by atoms with Gasteiger partial charge in [0.25, 0.3) is 0 Å². The predicted octanol–water partition coefficient (Wildman–Crippen LogP) is 4.49. The maximum atomic E-state index is 12.7. The van der Waals surface area contributed by atoms with Crippen molar-refractivity contribution in [2.45, 2.75) is 19.5 Å². The first kappa shape index (κ1) is 20.4. The molecule has 150 valence electrons. The van der Waals surface area contributed by atoms with Crippen LogP contribution in [0, 0.1) is 0 Å². The molecule has 0 aliphatic carbocycles. The first-order valence-electron chi connectivity index (χ1n) is 9.52. The Balaban J connectivity index is 1.65. The van der Waals surface area contributed by atoms with Crippen LogP contribution in [0.25, 0.3) is 11.1 Å². The van der Waals surface area contributed by atoms with Gasteiger partial charge in [-0.25, -0.2) is 0 Å². The van der Waals surface area contributed by atoms with E-state index in [9.17, 15) is 4.79 Å². The van der Waals surface area contributed by atoms with Crippen molar-refractivity contribution in [3.05, 3.63) is 78.4 Å². The molecule has 3 rings (SSSR count). The standard InChI is InChI=1S/C24H26N2O3/c1-17(25-16-18-13-14-22(28-2)23(15-18)29-3)24(27)26-21-12-8-7-11-20(21)19-9-5-4-6-10-19/h4-15,17,25H,16H2,1-3H3,(H,26,27)/t17-/m0/s1. The second-order valence-corrected chi connectivity index (χ2v) is 6.69. The van der Waals surface area contributed by atoms with E-state index in [0.717, 1.165) is 22.4 Å². The third-order valence-corrected chi connectivity index (χ3v) is 4.72. The van der Waals surface area contributed by atoms with E-state index in [2.05, 4.69) is 10.6 Å². The molecule has 0 unspecified atom stereocenters. The molecule has 3 aromatic carbocycles. The summed E-state index contributed by atoms with van der Waals surface area (Å²) in [5.74, 6) is 1.26. The molecule has 0 bridgehead atoms. The van der Waals surface area contributed by atoms with Crippen molar-refractivity contribution in [2.75, 3.05) is 19.5 Å². The third-order valence-electron chi connectivity index (χ3n) is 4.72. The number of anilines is 1. The summed E-state index contributed by atoms with van der Waals surface area (Å²) in [7, 11) is 3.21.